The van der Waals surface area contributed by atoms with Crippen molar-refractivity contribution in [3.8, 4) is 5.75 Å². The van der Waals surface area contributed by atoms with Gasteiger partial charge in [-0.25, -0.2) is 9.80 Å². The normalized spacial score (nSPS) is 19.9. The van der Waals surface area contributed by atoms with Crippen LogP contribution in [0.5, 0.6) is 5.75 Å². The summed E-state index contributed by atoms with van der Waals surface area (Å²) in [7, 11) is -1.30. The monoisotopic (exact) mass is 585 g/mol. The lowest BCUT2D eigenvalue weighted by Gasteiger charge is -2.42. The van der Waals surface area contributed by atoms with E-state index in [-0.39, 0.29) is 43.8 Å². The number of rotatable bonds is 7. The zero-order valence-corrected chi connectivity index (χ0v) is 25.0. The highest BCUT2D eigenvalue weighted by molar-refractivity contribution is 6.76. The quantitative estimate of drug-likeness (QED) is 0.363. The maximum Gasteiger partial charge on any atom is 0.418 e. The van der Waals surface area contributed by atoms with Crippen molar-refractivity contribution in [2.75, 3.05) is 43.3 Å². The highest BCUT2D eigenvalue weighted by Crippen LogP contribution is 2.45. The van der Waals surface area contributed by atoms with Gasteiger partial charge in [-0.1, -0.05) is 19.6 Å². The number of amidine groups is 1. The Hall–Kier alpha value is -3.00. The van der Waals surface area contributed by atoms with E-state index in [1.807, 2.05) is 0 Å². The van der Waals surface area contributed by atoms with Gasteiger partial charge >= 0.3 is 12.3 Å². The number of nitrogens with zero attached hydrogens (tertiary/aromatic N) is 4. The number of carbonyl (C=O) groups is 2. The predicted molar refractivity (Wildman–Crippen MR) is 147 cm³/mol. The van der Waals surface area contributed by atoms with Crippen LogP contribution < -0.4 is 15.0 Å². The fraction of sp³-hybridized carbons (Fsp3) is 0.654. The summed E-state index contributed by atoms with van der Waals surface area (Å²) in [6, 6.07) is 2.09. The Morgan fingerprint density at radius 3 is 2.48 bits per heavy atom. The number of benzene rings is 1. The van der Waals surface area contributed by atoms with Crippen LogP contribution in [0.25, 0.3) is 0 Å². The molecule has 0 spiro atoms. The number of fused-ring (bicyclic) bond motifs is 3. The molecule has 40 heavy (non-hydrogen) atoms. The van der Waals surface area contributed by atoms with Gasteiger partial charge in [-0.05, 0) is 45.9 Å². The number of anilines is 2. The summed E-state index contributed by atoms with van der Waals surface area (Å²) in [5.41, 5.74) is -1.42. The molecule has 1 aromatic rings. The van der Waals surface area contributed by atoms with Gasteiger partial charge in [0.1, 0.15) is 30.7 Å². The minimum Gasteiger partial charge on any atom is -0.483 e. The summed E-state index contributed by atoms with van der Waals surface area (Å²) >= 11 is 0. The highest BCUT2D eigenvalue weighted by Gasteiger charge is 2.43. The lowest BCUT2D eigenvalue weighted by Crippen LogP contribution is -2.58. The van der Waals surface area contributed by atoms with E-state index in [9.17, 15) is 22.8 Å². The van der Waals surface area contributed by atoms with Crippen LogP contribution in [0.15, 0.2) is 17.2 Å². The lowest BCUT2D eigenvalue weighted by atomic mass is 10.0. The summed E-state index contributed by atoms with van der Waals surface area (Å²) in [5, 5.41) is 8.58. The zero-order valence-electron chi connectivity index (χ0n) is 24.0. The number of nitrogens with one attached hydrogen (secondary N) is 1. The van der Waals surface area contributed by atoms with Crippen LogP contribution in [-0.4, -0.2) is 86.5 Å². The molecule has 3 heterocycles. The van der Waals surface area contributed by atoms with Gasteiger partial charge in [-0.15, -0.1) is 0 Å². The summed E-state index contributed by atoms with van der Waals surface area (Å²) in [6.45, 7) is 14.4. The Morgan fingerprint density at radius 2 is 1.88 bits per heavy atom. The van der Waals surface area contributed by atoms with E-state index in [2.05, 4.69) is 30.1 Å². The fourth-order valence-corrected chi connectivity index (χ4v) is 5.24. The molecule has 1 unspecified atom stereocenters. The smallest absolute Gasteiger partial charge is 0.418 e. The molecule has 0 bridgehead atoms. The summed E-state index contributed by atoms with van der Waals surface area (Å²) in [6.07, 6.45) is -5.17. The van der Waals surface area contributed by atoms with Gasteiger partial charge in [0.25, 0.3) is 5.91 Å². The van der Waals surface area contributed by atoms with E-state index in [4.69, 9.17) is 14.2 Å². The van der Waals surface area contributed by atoms with E-state index in [0.29, 0.717) is 18.1 Å². The molecule has 3 aliphatic heterocycles. The first kappa shape index (κ1) is 30.0. The largest absolute Gasteiger partial charge is 0.483 e. The number of ether oxygens (including phenoxy) is 3. The Kier molecular flexibility index (Phi) is 8.06. The van der Waals surface area contributed by atoms with Crippen LogP contribution in [0.2, 0.25) is 25.7 Å². The van der Waals surface area contributed by atoms with E-state index in [0.717, 1.165) is 12.1 Å². The van der Waals surface area contributed by atoms with Crippen molar-refractivity contribution >= 4 is 37.3 Å². The van der Waals surface area contributed by atoms with Gasteiger partial charge in [-0.2, -0.15) is 18.3 Å². The molecule has 222 valence electrons. The number of hydrogen-bond donors (Lipinski definition) is 1. The van der Waals surface area contributed by atoms with Crippen molar-refractivity contribution in [3.05, 3.63) is 17.7 Å². The molecule has 3 aliphatic rings. The number of hydrazone groups is 1. The summed E-state index contributed by atoms with van der Waals surface area (Å²) < 4.78 is 58.8. The van der Waals surface area contributed by atoms with Crippen LogP contribution in [0, 0.1) is 0 Å². The van der Waals surface area contributed by atoms with Crippen LogP contribution in [0.3, 0.4) is 0 Å². The van der Waals surface area contributed by atoms with Crippen molar-refractivity contribution in [2.45, 2.75) is 77.2 Å². The van der Waals surface area contributed by atoms with Crippen molar-refractivity contribution in [1.29, 1.82) is 0 Å². The zero-order chi connectivity index (χ0) is 29.6. The first-order chi connectivity index (χ1) is 18.4. The average molecular weight is 586 g/mol. The van der Waals surface area contributed by atoms with Crippen LogP contribution in [-0.2, 0) is 20.4 Å². The minimum absolute atomic E-state index is 0.00645. The number of amides is 2. The standard InChI is InChI=1S/C26H38F3N5O5Si/c1-16-23(35)33(15-37-8-9-40(5,6)7)31-22-14-38-21-10-18(26(27,28)29)19(11-20(21)34(16)22)30-17-12-32(13-17)24(36)39-25(2,3)4/h10-11,16-17,30H,8-9,12-15H2,1-7H3. The maximum absolute atomic E-state index is 14.0. The van der Waals surface area contributed by atoms with Crippen molar-refractivity contribution in [1.82, 2.24) is 9.91 Å². The molecule has 2 amide bonds. The molecule has 14 heteroatoms. The van der Waals surface area contributed by atoms with Crippen LogP contribution in [0.4, 0.5) is 29.3 Å². The highest BCUT2D eigenvalue weighted by atomic mass is 28.3. The van der Waals surface area contributed by atoms with E-state index >= 15 is 0 Å². The van der Waals surface area contributed by atoms with Crippen LogP contribution >= 0.6 is 0 Å². The predicted octanol–water partition coefficient (Wildman–Crippen LogP) is 4.79. The summed E-state index contributed by atoms with van der Waals surface area (Å²) in [4.78, 5) is 28.4. The topological polar surface area (TPSA) is 95.9 Å². The number of halogens is 3. The molecular weight excluding hydrogens is 547 g/mol. The Bertz CT molecular complexity index is 1170. The molecule has 1 N–H and O–H groups in total. The average Bonchev–Trinajstić information content (AvgIpc) is 2.78. The number of likely N-dealkylation sites (tertiary alicyclic amines) is 1. The number of carbonyl (C=O) groups excluding carboxylic acids is 2. The molecule has 1 saturated heterocycles. The third-order valence-corrected chi connectivity index (χ3v) is 8.34. The van der Waals surface area contributed by atoms with Gasteiger partial charge in [-0.3, -0.25) is 4.79 Å². The summed E-state index contributed by atoms with van der Waals surface area (Å²) in [5.74, 6) is 0.0881. The van der Waals surface area contributed by atoms with E-state index in [1.165, 1.54) is 16.0 Å². The molecule has 0 radical (unpaired) electrons. The molecule has 1 aromatic carbocycles. The fourth-order valence-electron chi connectivity index (χ4n) is 4.49. The third kappa shape index (κ3) is 6.82. The first-order valence-electron chi connectivity index (χ1n) is 13.3. The second kappa shape index (κ2) is 10.8. The number of alkyl halides is 3. The van der Waals surface area contributed by atoms with Gasteiger partial charge in [0.15, 0.2) is 5.84 Å². The first-order valence-corrected chi connectivity index (χ1v) is 17.0. The molecule has 4 rings (SSSR count). The van der Waals surface area contributed by atoms with Crippen LogP contribution in [0.1, 0.15) is 33.3 Å². The molecule has 1 fully saturated rings. The third-order valence-electron chi connectivity index (χ3n) is 6.64. The van der Waals surface area contributed by atoms with Crippen molar-refractivity contribution in [3.63, 3.8) is 0 Å². The Balaban J connectivity index is 1.53. The van der Waals surface area contributed by atoms with Gasteiger partial charge < -0.3 is 29.3 Å². The van der Waals surface area contributed by atoms with Crippen molar-refractivity contribution < 1.29 is 37.0 Å². The molecule has 10 nitrogen and oxygen atoms in total. The van der Waals surface area contributed by atoms with Gasteiger partial charge in [0.05, 0.1) is 17.3 Å². The van der Waals surface area contributed by atoms with E-state index < -0.39 is 43.6 Å². The molecule has 1 atom stereocenters. The van der Waals surface area contributed by atoms with Gasteiger partial charge in [0.2, 0.25) is 0 Å². The second-order valence-electron chi connectivity index (χ2n) is 12.5. The second-order valence-corrected chi connectivity index (χ2v) is 18.1. The molecule has 0 saturated carbocycles. The lowest BCUT2D eigenvalue weighted by molar-refractivity contribution is -0.139. The van der Waals surface area contributed by atoms with Gasteiger partial charge in [0, 0.05) is 33.5 Å². The minimum atomic E-state index is -4.66. The molecular formula is C26H38F3N5O5Si. The molecule has 0 aliphatic carbocycles. The number of hydrogen-bond acceptors (Lipinski definition) is 8. The maximum atomic E-state index is 14.0. The Labute approximate surface area is 233 Å². The SMILES string of the molecule is CC1C(=O)N(COCC[Si](C)(C)C)N=C2COc3cc(C(F)(F)F)c(NC4CN(C(=O)OC(C)(C)C)C4)cc3N21. The van der Waals surface area contributed by atoms with E-state index in [1.54, 1.807) is 32.6 Å². The molecule has 0 aromatic heterocycles. The van der Waals surface area contributed by atoms with Crippen molar-refractivity contribution in [2.24, 2.45) is 5.10 Å². The Morgan fingerprint density at radius 1 is 1.20 bits per heavy atom.